The number of rotatable bonds is 0. The SMILES string of the molecule is C1CCC2(C1)OOC21CCCC1. The lowest BCUT2D eigenvalue weighted by molar-refractivity contribution is -0.551. The normalized spacial score (nSPS) is 36.0. The molecule has 3 aliphatic rings. The van der Waals surface area contributed by atoms with Gasteiger partial charge in [0, 0.05) is 0 Å². The minimum atomic E-state index is 0.170. The standard InChI is InChI=1S/C10H16O2/c1-2-6-9(5-1)10(12-11-9)7-3-4-8-10/h1-8H2. The van der Waals surface area contributed by atoms with Gasteiger partial charge in [0.25, 0.3) is 0 Å². The van der Waals surface area contributed by atoms with E-state index in [-0.39, 0.29) is 11.2 Å². The molecule has 2 saturated carbocycles. The van der Waals surface area contributed by atoms with Crippen molar-refractivity contribution in [3.63, 3.8) is 0 Å². The summed E-state index contributed by atoms with van der Waals surface area (Å²) in [6, 6.07) is 0. The van der Waals surface area contributed by atoms with Crippen molar-refractivity contribution in [2.24, 2.45) is 0 Å². The predicted octanol–water partition coefficient (Wildman–Crippen LogP) is 2.57. The van der Waals surface area contributed by atoms with Crippen molar-refractivity contribution in [3.8, 4) is 0 Å². The molecule has 2 nitrogen and oxygen atoms in total. The molecule has 12 heavy (non-hydrogen) atoms. The fourth-order valence-electron chi connectivity index (χ4n) is 3.25. The van der Waals surface area contributed by atoms with E-state index < -0.39 is 0 Å². The van der Waals surface area contributed by atoms with Crippen molar-refractivity contribution in [3.05, 3.63) is 0 Å². The fraction of sp³-hybridized carbons (Fsp3) is 1.00. The zero-order valence-electron chi connectivity index (χ0n) is 7.47. The zero-order chi connectivity index (χ0) is 8.07. The van der Waals surface area contributed by atoms with Gasteiger partial charge in [-0.25, -0.2) is 9.78 Å². The second kappa shape index (κ2) is 2.24. The molecule has 0 atom stereocenters. The molecule has 0 aromatic rings. The van der Waals surface area contributed by atoms with Gasteiger partial charge in [0.05, 0.1) is 0 Å². The summed E-state index contributed by atoms with van der Waals surface area (Å²) in [6.07, 6.45) is 10.3. The van der Waals surface area contributed by atoms with Crippen molar-refractivity contribution in [1.29, 1.82) is 0 Å². The largest absolute Gasteiger partial charge is 0.226 e. The van der Waals surface area contributed by atoms with Crippen LogP contribution in [-0.2, 0) is 9.78 Å². The maximum Gasteiger partial charge on any atom is 0.135 e. The molecule has 0 bridgehead atoms. The van der Waals surface area contributed by atoms with Gasteiger partial charge < -0.3 is 0 Å². The average molecular weight is 168 g/mol. The first-order valence-electron chi connectivity index (χ1n) is 5.24. The lowest BCUT2D eigenvalue weighted by atomic mass is 9.78. The first-order valence-corrected chi connectivity index (χ1v) is 5.24. The topological polar surface area (TPSA) is 18.5 Å². The average Bonchev–Trinajstić information content (AvgIpc) is 2.75. The summed E-state index contributed by atoms with van der Waals surface area (Å²) < 4.78 is 0. The molecule has 2 spiro atoms. The molecule has 0 unspecified atom stereocenters. The lowest BCUT2D eigenvalue weighted by Gasteiger charge is -2.53. The molecule has 68 valence electrons. The van der Waals surface area contributed by atoms with E-state index in [0.717, 1.165) is 0 Å². The highest BCUT2D eigenvalue weighted by atomic mass is 17.3. The van der Waals surface area contributed by atoms with E-state index in [1.807, 2.05) is 0 Å². The van der Waals surface area contributed by atoms with Crippen molar-refractivity contribution < 1.29 is 9.78 Å². The van der Waals surface area contributed by atoms with Crippen LogP contribution in [0.2, 0.25) is 0 Å². The van der Waals surface area contributed by atoms with E-state index >= 15 is 0 Å². The van der Waals surface area contributed by atoms with Gasteiger partial charge in [-0.05, 0) is 25.7 Å². The Labute approximate surface area is 73.2 Å². The van der Waals surface area contributed by atoms with Gasteiger partial charge in [-0.1, -0.05) is 25.7 Å². The summed E-state index contributed by atoms with van der Waals surface area (Å²) in [5, 5.41) is 0. The summed E-state index contributed by atoms with van der Waals surface area (Å²) in [5.74, 6) is 0. The Morgan fingerprint density at radius 3 is 1.17 bits per heavy atom. The molecular weight excluding hydrogens is 152 g/mol. The van der Waals surface area contributed by atoms with Crippen LogP contribution in [0.4, 0.5) is 0 Å². The number of hydrogen-bond donors (Lipinski definition) is 0. The summed E-state index contributed by atoms with van der Waals surface area (Å²) in [4.78, 5) is 10.8. The summed E-state index contributed by atoms with van der Waals surface area (Å²) in [6.45, 7) is 0. The molecule has 1 saturated heterocycles. The smallest absolute Gasteiger partial charge is 0.135 e. The highest BCUT2D eigenvalue weighted by Gasteiger charge is 2.65. The van der Waals surface area contributed by atoms with Gasteiger partial charge in [-0.2, -0.15) is 0 Å². The third-order valence-corrected chi connectivity index (χ3v) is 4.01. The van der Waals surface area contributed by atoms with Crippen LogP contribution < -0.4 is 0 Å². The van der Waals surface area contributed by atoms with Crippen LogP contribution in [0.3, 0.4) is 0 Å². The van der Waals surface area contributed by atoms with Gasteiger partial charge in [0.1, 0.15) is 11.2 Å². The molecule has 1 aliphatic heterocycles. The molecule has 3 fully saturated rings. The van der Waals surface area contributed by atoms with Crippen LogP contribution in [0, 0.1) is 0 Å². The van der Waals surface area contributed by atoms with Crippen LogP contribution in [0.5, 0.6) is 0 Å². The second-order valence-corrected chi connectivity index (χ2v) is 4.57. The summed E-state index contributed by atoms with van der Waals surface area (Å²) >= 11 is 0. The van der Waals surface area contributed by atoms with Gasteiger partial charge in [0.15, 0.2) is 0 Å². The highest BCUT2D eigenvalue weighted by molar-refractivity contribution is 5.09. The Morgan fingerprint density at radius 2 is 0.917 bits per heavy atom. The number of hydrogen-bond acceptors (Lipinski definition) is 2. The Balaban J connectivity index is 1.87. The molecule has 2 aliphatic carbocycles. The summed E-state index contributed by atoms with van der Waals surface area (Å²) in [7, 11) is 0. The van der Waals surface area contributed by atoms with Crippen LogP contribution in [-0.4, -0.2) is 11.2 Å². The lowest BCUT2D eigenvalue weighted by Crippen LogP contribution is -2.64. The van der Waals surface area contributed by atoms with Crippen molar-refractivity contribution >= 4 is 0 Å². The molecular formula is C10H16O2. The molecule has 0 radical (unpaired) electrons. The van der Waals surface area contributed by atoms with Crippen LogP contribution >= 0.6 is 0 Å². The molecule has 0 N–H and O–H groups in total. The third-order valence-electron chi connectivity index (χ3n) is 4.01. The Hall–Kier alpha value is -0.0800. The Kier molecular flexibility index (Phi) is 1.37. The predicted molar refractivity (Wildman–Crippen MR) is 44.6 cm³/mol. The van der Waals surface area contributed by atoms with Crippen LogP contribution in [0.25, 0.3) is 0 Å². The minimum Gasteiger partial charge on any atom is -0.226 e. The minimum absolute atomic E-state index is 0.170. The van der Waals surface area contributed by atoms with Crippen molar-refractivity contribution in [1.82, 2.24) is 0 Å². The molecule has 3 rings (SSSR count). The van der Waals surface area contributed by atoms with E-state index in [1.54, 1.807) is 0 Å². The van der Waals surface area contributed by atoms with E-state index in [0.29, 0.717) is 0 Å². The number of fused-ring (bicyclic) bond motifs is 1. The van der Waals surface area contributed by atoms with Crippen LogP contribution in [0.1, 0.15) is 51.4 Å². The van der Waals surface area contributed by atoms with Gasteiger partial charge in [-0.15, -0.1) is 0 Å². The molecule has 0 amide bonds. The zero-order valence-corrected chi connectivity index (χ0v) is 7.47. The van der Waals surface area contributed by atoms with E-state index in [4.69, 9.17) is 9.78 Å². The molecule has 0 aromatic carbocycles. The van der Waals surface area contributed by atoms with Gasteiger partial charge in [-0.3, -0.25) is 0 Å². The monoisotopic (exact) mass is 168 g/mol. The first-order chi connectivity index (χ1) is 5.87. The Bertz CT molecular complexity index is 166. The first kappa shape index (κ1) is 7.34. The second-order valence-electron chi connectivity index (χ2n) is 4.57. The fourth-order valence-corrected chi connectivity index (χ4v) is 3.25. The van der Waals surface area contributed by atoms with Gasteiger partial charge in [0.2, 0.25) is 0 Å². The van der Waals surface area contributed by atoms with Gasteiger partial charge >= 0.3 is 0 Å². The van der Waals surface area contributed by atoms with E-state index in [2.05, 4.69) is 0 Å². The maximum absolute atomic E-state index is 5.42. The highest BCUT2D eigenvalue weighted by Crippen LogP contribution is 2.58. The maximum atomic E-state index is 5.42. The Morgan fingerprint density at radius 1 is 0.583 bits per heavy atom. The summed E-state index contributed by atoms with van der Waals surface area (Å²) in [5.41, 5.74) is 0.340. The molecule has 1 heterocycles. The molecule has 2 heteroatoms. The van der Waals surface area contributed by atoms with Crippen molar-refractivity contribution in [2.45, 2.75) is 62.6 Å². The third kappa shape index (κ3) is 0.686. The van der Waals surface area contributed by atoms with E-state index in [1.165, 1.54) is 51.4 Å². The van der Waals surface area contributed by atoms with E-state index in [9.17, 15) is 0 Å². The quantitative estimate of drug-likeness (QED) is 0.517. The van der Waals surface area contributed by atoms with Crippen molar-refractivity contribution in [2.75, 3.05) is 0 Å². The molecule has 0 aromatic heterocycles. The van der Waals surface area contributed by atoms with Crippen LogP contribution in [0.15, 0.2) is 0 Å².